The second-order valence-corrected chi connectivity index (χ2v) is 9.37. The fraction of sp³-hybridized carbons (Fsp3) is 0.207. The Morgan fingerprint density at radius 1 is 1.00 bits per heavy atom. The zero-order valence-corrected chi connectivity index (χ0v) is 20.8. The zero-order chi connectivity index (χ0) is 26.1. The molecule has 2 aromatic carbocycles. The molecule has 0 radical (unpaired) electrons. The zero-order valence-electron chi connectivity index (χ0n) is 20.8. The van der Waals surface area contributed by atoms with Crippen LogP contribution in [0.25, 0.3) is 22.4 Å². The van der Waals surface area contributed by atoms with Gasteiger partial charge in [0.15, 0.2) is 0 Å². The lowest BCUT2D eigenvalue weighted by Crippen LogP contribution is -2.49. The van der Waals surface area contributed by atoms with Gasteiger partial charge in [0, 0.05) is 56.1 Å². The van der Waals surface area contributed by atoms with E-state index in [2.05, 4.69) is 46.2 Å². The first-order valence-electron chi connectivity index (χ1n) is 12.5. The number of nitrogens with zero attached hydrogens (tertiary/aromatic N) is 6. The van der Waals surface area contributed by atoms with Crippen LogP contribution in [0.3, 0.4) is 0 Å². The fourth-order valence-electron chi connectivity index (χ4n) is 4.70. The Morgan fingerprint density at radius 2 is 1.82 bits per heavy atom. The predicted octanol–water partition coefficient (Wildman–Crippen LogP) is 4.68. The van der Waals surface area contributed by atoms with Crippen molar-refractivity contribution in [1.82, 2.24) is 25.0 Å². The highest BCUT2D eigenvalue weighted by Gasteiger charge is 2.27. The number of rotatable bonds is 5. The summed E-state index contributed by atoms with van der Waals surface area (Å²) >= 11 is 0. The van der Waals surface area contributed by atoms with E-state index >= 15 is 0 Å². The molecule has 3 aromatic heterocycles. The van der Waals surface area contributed by atoms with E-state index in [4.69, 9.17) is 14.5 Å². The van der Waals surface area contributed by atoms with Gasteiger partial charge in [-0.05, 0) is 42.8 Å². The lowest BCUT2D eigenvalue weighted by atomic mass is 10.1. The first kappa shape index (κ1) is 23.7. The lowest BCUT2D eigenvalue weighted by Gasteiger charge is -2.35. The molecule has 0 aliphatic carbocycles. The normalized spacial score (nSPS) is 13.7. The molecule has 1 amide bonds. The number of hydrogen-bond acceptors (Lipinski definition) is 7. The summed E-state index contributed by atoms with van der Waals surface area (Å²) in [6.07, 6.45) is 3.98. The third-order valence-corrected chi connectivity index (χ3v) is 6.72. The van der Waals surface area contributed by atoms with Gasteiger partial charge in [0.25, 0.3) is 11.6 Å². The summed E-state index contributed by atoms with van der Waals surface area (Å²) in [4.78, 5) is 30.8. The molecule has 9 heteroatoms. The van der Waals surface area contributed by atoms with Gasteiger partial charge >= 0.3 is 0 Å². The number of aromatic nitrogens is 4. The van der Waals surface area contributed by atoms with Crippen molar-refractivity contribution in [2.24, 2.45) is 0 Å². The molecule has 0 bridgehead atoms. The van der Waals surface area contributed by atoms with E-state index in [1.54, 1.807) is 29.4 Å². The number of pyridine rings is 1. The van der Waals surface area contributed by atoms with E-state index in [1.807, 2.05) is 12.1 Å². The highest BCUT2D eigenvalue weighted by Crippen LogP contribution is 2.34. The molecule has 4 heterocycles. The van der Waals surface area contributed by atoms with Crippen molar-refractivity contribution < 1.29 is 13.7 Å². The van der Waals surface area contributed by atoms with E-state index < -0.39 is 5.82 Å². The third kappa shape index (κ3) is 4.70. The molecule has 5 aromatic rings. The molecule has 0 spiro atoms. The largest absolute Gasteiger partial charge is 0.352 e. The Bertz CT molecular complexity index is 1600. The number of aryl methyl sites for hydroxylation is 1. The van der Waals surface area contributed by atoms with Crippen molar-refractivity contribution in [3.05, 3.63) is 101 Å². The molecular weight excluding hydrogens is 483 g/mol. The van der Waals surface area contributed by atoms with Gasteiger partial charge in [-0.25, -0.2) is 9.37 Å². The number of halogens is 1. The first-order chi connectivity index (χ1) is 18.5. The third-order valence-electron chi connectivity index (χ3n) is 6.72. The van der Waals surface area contributed by atoms with Crippen LogP contribution < -0.4 is 4.90 Å². The minimum atomic E-state index is -0.422. The van der Waals surface area contributed by atoms with Crippen LogP contribution in [0.5, 0.6) is 0 Å². The van der Waals surface area contributed by atoms with Crippen molar-refractivity contribution in [2.45, 2.75) is 13.3 Å². The number of fused-ring (bicyclic) bond motifs is 1. The standard InChI is InChI=1S/C29H25FN6O2/c1-19-7-9-20(10-8-19)16-24-32-27(25-26(34-38-28(25)33-24)22-5-3-11-31-18-22)35-12-14-36(15-13-35)29(37)21-4-2-6-23(30)17-21/h2-11,17-18H,12-16H2,1H3. The average Bonchev–Trinajstić information content (AvgIpc) is 3.38. The van der Waals surface area contributed by atoms with Gasteiger partial charge in [0.1, 0.15) is 28.5 Å². The van der Waals surface area contributed by atoms with Crippen molar-refractivity contribution in [1.29, 1.82) is 0 Å². The molecule has 6 rings (SSSR count). The van der Waals surface area contributed by atoms with E-state index in [0.29, 0.717) is 55.4 Å². The van der Waals surface area contributed by atoms with Crippen molar-refractivity contribution in [3.8, 4) is 11.3 Å². The Balaban J connectivity index is 1.33. The maximum atomic E-state index is 13.7. The van der Waals surface area contributed by atoms with Crippen molar-refractivity contribution in [3.63, 3.8) is 0 Å². The van der Waals surface area contributed by atoms with Crippen LogP contribution in [0.4, 0.5) is 10.2 Å². The summed E-state index contributed by atoms with van der Waals surface area (Å²) in [7, 11) is 0. The van der Waals surface area contributed by atoms with Crippen LogP contribution in [0, 0.1) is 12.7 Å². The van der Waals surface area contributed by atoms with Gasteiger partial charge in [0.05, 0.1) is 0 Å². The molecule has 1 fully saturated rings. The minimum Gasteiger partial charge on any atom is -0.352 e. The van der Waals surface area contributed by atoms with E-state index in [9.17, 15) is 9.18 Å². The smallest absolute Gasteiger partial charge is 0.263 e. The Labute approximate surface area is 218 Å². The lowest BCUT2D eigenvalue weighted by molar-refractivity contribution is 0.0746. The molecule has 1 aliphatic rings. The predicted molar refractivity (Wildman–Crippen MR) is 141 cm³/mol. The highest BCUT2D eigenvalue weighted by molar-refractivity contribution is 5.98. The summed E-state index contributed by atoms with van der Waals surface area (Å²) in [5.74, 6) is 0.742. The van der Waals surface area contributed by atoms with Crippen molar-refractivity contribution >= 4 is 22.8 Å². The Kier molecular flexibility index (Phi) is 6.25. The van der Waals surface area contributed by atoms with Crippen LogP contribution in [0.2, 0.25) is 0 Å². The topological polar surface area (TPSA) is 88.3 Å². The molecule has 0 saturated carbocycles. The number of anilines is 1. The monoisotopic (exact) mass is 508 g/mol. The molecule has 0 N–H and O–H groups in total. The van der Waals surface area contributed by atoms with Crippen LogP contribution in [0.15, 0.2) is 77.6 Å². The molecule has 38 heavy (non-hydrogen) atoms. The Morgan fingerprint density at radius 3 is 2.55 bits per heavy atom. The molecular formula is C29H25FN6O2. The number of benzene rings is 2. The van der Waals surface area contributed by atoms with E-state index in [1.165, 1.54) is 17.7 Å². The van der Waals surface area contributed by atoms with Gasteiger partial charge in [0.2, 0.25) is 0 Å². The summed E-state index contributed by atoms with van der Waals surface area (Å²) in [5, 5.41) is 5.05. The summed E-state index contributed by atoms with van der Waals surface area (Å²) in [5.41, 5.74) is 4.48. The molecule has 0 atom stereocenters. The van der Waals surface area contributed by atoms with Crippen molar-refractivity contribution in [2.75, 3.05) is 31.1 Å². The van der Waals surface area contributed by atoms with Gasteiger partial charge in [-0.2, -0.15) is 4.98 Å². The second-order valence-electron chi connectivity index (χ2n) is 9.37. The number of carbonyl (C=O) groups is 1. The Hall–Kier alpha value is -4.66. The quantitative estimate of drug-likeness (QED) is 0.341. The maximum Gasteiger partial charge on any atom is 0.263 e. The van der Waals surface area contributed by atoms with Crippen LogP contribution in [0.1, 0.15) is 27.3 Å². The van der Waals surface area contributed by atoms with Crippen LogP contribution >= 0.6 is 0 Å². The summed E-state index contributed by atoms with van der Waals surface area (Å²) in [6.45, 7) is 4.10. The first-order valence-corrected chi connectivity index (χ1v) is 12.5. The summed E-state index contributed by atoms with van der Waals surface area (Å²) in [6, 6.07) is 17.8. The van der Waals surface area contributed by atoms with Gasteiger partial charge in [-0.3, -0.25) is 9.78 Å². The molecule has 190 valence electrons. The van der Waals surface area contributed by atoms with E-state index in [-0.39, 0.29) is 5.91 Å². The number of hydrogen-bond donors (Lipinski definition) is 0. The second kappa shape index (κ2) is 10.0. The minimum absolute atomic E-state index is 0.182. The number of amides is 1. The van der Waals surface area contributed by atoms with Gasteiger partial charge in [-0.1, -0.05) is 41.1 Å². The number of piperazine rings is 1. The maximum absolute atomic E-state index is 13.7. The van der Waals surface area contributed by atoms with E-state index in [0.717, 1.165) is 22.3 Å². The van der Waals surface area contributed by atoms with Crippen LogP contribution in [-0.2, 0) is 6.42 Å². The number of carbonyl (C=O) groups excluding carboxylic acids is 1. The highest BCUT2D eigenvalue weighted by atomic mass is 19.1. The van der Waals surface area contributed by atoms with Crippen LogP contribution in [-0.4, -0.2) is 57.1 Å². The molecule has 1 aliphatic heterocycles. The van der Waals surface area contributed by atoms with Gasteiger partial charge < -0.3 is 14.3 Å². The SMILES string of the molecule is Cc1ccc(Cc2nc(N3CCN(C(=O)c4cccc(F)c4)CC3)c3c(-c4cccnc4)noc3n2)cc1. The molecule has 1 saturated heterocycles. The molecule has 0 unspecified atom stereocenters. The average molecular weight is 509 g/mol. The van der Waals surface area contributed by atoms with Gasteiger partial charge in [-0.15, -0.1) is 0 Å². The summed E-state index contributed by atoms with van der Waals surface area (Å²) < 4.78 is 19.4. The fourth-order valence-corrected chi connectivity index (χ4v) is 4.70. The molecule has 8 nitrogen and oxygen atoms in total.